The maximum Gasteiger partial charge on any atom is 0.325 e. The number of para-hydroxylation sites is 1. The Kier molecular flexibility index (Phi) is 3.89. The smallest absolute Gasteiger partial charge is 0.325 e. The number of nitrogens with one attached hydrogen (secondary N) is 2. The number of benzene rings is 2. The molecule has 3 aromatic rings. The number of hydrogen-bond acceptors (Lipinski definition) is 2. The Morgan fingerprint density at radius 3 is 2.64 bits per heavy atom. The lowest BCUT2D eigenvalue weighted by Gasteiger charge is -2.14. The number of carbonyl (C=O) groups is 1. The number of carboxylic acid groups (broad SMARTS) is 1. The normalized spacial score (nSPS) is 12.4. The van der Waals surface area contributed by atoms with Crippen LogP contribution in [0.1, 0.15) is 17.2 Å². The van der Waals surface area contributed by atoms with Crippen LogP contribution in [0.4, 0.5) is 4.39 Å². The molecule has 112 valence electrons. The summed E-state index contributed by atoms with van der Waals surface area (Å²) >= 11 is 0. The van der Waals surface area contributed by atoms with E-state index in [4.69, 9.17) is 0 Å². The summed E-state index contributed by atoms with van der Waals surface area (Å²) in [4.78, 5) is 14.7. The van der Waals surface area contributed by atoms with Crippen molar-refractivity contribution >= 4 is 16.9 Å². The maximum atomic E-state index is 12.9. The van der Waals surface area contributed by atoms with Crippen LogP contribution >= 0.6 is 0 Å². The lowest BCUT2D eigenvalue weighted by atomic mass is 10.1. The molecule has 0 fully saturated rings. The molecule has 0 bridgehead atoms. The summed E-state index contributed by atoms with van der Waals surface area (Å²) in [7, 11) is 0. The molecule has 0 saturated heterocycles. The van der Waals surface area contributed by atoms with Gasteiger partial charge in [0, 0.05) is 29.2 Å². The molecule has 0 radical (unpaired) electrons. The quantitative estimate of drug-likeness (QED) is 0.677. The maximum absolute atomic E-state index is 12.9. The Morgan fingerprint density at radius 2 is 1.91 bits per heavy atom. The van der Waals surface area contributed by atoms with Crippen molar-refractivity contribution in [2.24, 2.45) is 0 Å². The Morgan fingerprint density at radius 1 is 1.18 bits per heavy atom. The van der Waals surface area contributed by atoms with Gasteiger partial charge >= 0.3 is 5.97 Å². The van der Waals surface area contributed by atoms with Crippen LogP contribution in [0.25, 0.3) is 10.9 Å². The Balaban J connectivity index is 1.84. The van der Waals surface area contributed by atoms with Gasteiger partial charge in [-0.1, -0.05) is 30.3 Å². The molecule has 0 aliphatic heterocycles. The highest BCUT2D eigenvalue weighted by Crippen LogP contribution is 2.24. The largest absolute Gasteiger partial charge is 0.480 e. The molecule has 0 aliphatic rings. The number of aromatic amines is 1. The van der Waals surface area contributed by atoms with Crippen LogP contribution < -0.4 is 5.32 Å². The zero-order valence-corrected chi connectivity index (χ0v) is 11.7. The first-order valence-corrected chi connectivity index (χ1v) is 6.92. The van der Waals surface area contributed by atoms with Crippen LogP contribution in [0.15, 0.2) is 54.7 Å². The number of halogens is 1. The van der Waals surface area contributed by atoms with Gasteiger partial charge in [0.15, 0.2) is 0 Å². The number of H-pyrrole nitrogens is 1. The summed E-state index contributed by atoms with van der Waals surface area (Å²) in [5.74, 6) is -1.26. The standard InChI is InChI=1S/C17H15FN2O2/c18-12-7-5-11(6-8-12)9-20-16(17(21)22)14-10-19-15-4-2-1-3-13(14)15/h1-8,10,16,19-20H,9H2,(H,21,22). The Hall–Kier alpha value is -2.66. The number of rotatable bonds is 5. The molecule has 0 amide bonds. The Labute approximate surface area is 126 Å². The van der Waals surface area contributed by atoms with E-state index in [0.717, 1.165) is 16.5 Å². The van der Waals surface area contributed by atoms with Crippen molar-refractivity contribution in [3.8, 4) is 0 Å². The van der Waals surface area contributed by atoms with Gasteiger partial charge in [0.25, 0.3) is 0 Å². The van der Waals surface area contributed by atoms with Gasteiger partial charge in [-0.3, -0.25) is 10.1 Å². The molecule has 1 aromatic heterocycles. The Bertz CT molecular complexity index is 796. The average Bonchev–Trinajstić information content (AvgIpc) is 2.93. The lowest BCUT2D eigenvalue weighted by Crippen LogP contribution is -2.27. The fourth-order valence-electron chi connectivity index (χ4n) is 2.49. The molecular formula is C17H15FN2O2. The third-order valence-electron chi connectivity index (χ3n) is 3.60. The second kappa shape index (κ2) is 5.99. The minimum atomic E-state index is -0.952. The molecule has 1 unspecified atom stereocenters. The third kappa shape index (κ3) is 2.84. The number of aromatic nitrogens is 1. The average molecular weight is 298 g/mol. The van der Waals surface area contributed by atoms with Gasteiger partial charge in [0.05, 0.1) is 0 Å². The van der Waals surface area contributed by atoms with E-state index < -0.39 is 12.0 Å². The first kappa shape index (κ1) is 14.3. The summed E-state index contributed by atoms with van der Waals surface area (Å²) < 4.78 is 12.9. The predicted octanol–water partition coefficient (Wildman–Crippen LogP) is 3.22. The van der Waals surface area contributed by atoms with Crippen LogP contribution in [-0.4, -0.2) is 16.1 Å². The molecule has 0 aliphatic carbocycles. The molecule has 4 nitrogen and oxygen atoms in total. The first-order chi connectivity index (χ1) is 10.6. The van der Waals surface area contributed by atoms with Gasteiger partial charge in [-0.05, 0) is 23.8 Å². The van der Waals surface area contributed by atoms with Gasteiger partial charge in [-0.25, -0.2) is 4.39 Å². The van der Waals surface area contributed by atoms with E-state index in [1.807, 2.05) is 24.3 Å². The SMILES string of the molecule is O=C(O)C(NCc1ccc(F)cc1)c1c[nH]c2ccccc12. The van der Waals surface area contributed by atoms with Crippen molar-refractivity contribution in [3.05, 3.63) is 71.7 Å². The van der Waals surface area contributed by atoms with Crippen molar-refractivity contribution in [1.82, 2.24) is 10.3 Å². The highest BCUT2D eigenvalue weighted by Gasteiger charge is 2.22. The molecule has 5 heteroatoms. The van der Waals surface area contributed by atoms with Gasteiger partial charge in [-0.2, -0.15) is 0 Å². The van der Waals surface area contributed by atoms with Gasteiger partial charge < -0.3 is 10.1 Å². The molecule has 3 rings (SSSR count). The second-order valence-corrected chi connectivity index (χ2v) is 5.07. The van der Waals surface area contributed by atoms with E-state index in [-0.39, 0.29) is 5.82 Å². The fourth-order valence-corrected chi connectivity index (χ4v) is 2.49. The number of carboxylic acids is 1. The fraction of sp³-hybridized carbons (Fsp3) is 0.118. The van der Waals surface area contributed by atoms with Gasteiger partial charge in [0.2, 0.25) is 0 Å². The summed E-state index contributed by atoms with van der Waals surface area (Å²) in [5, 5.41) is 13.4. The van der Waals surface area contributed by atoms with Crippen LogP contribution in [0.2, 0.25) is 0 Å². The minimum absolute atomic E-state index is 0.310. The summed E-state index contributed by atoms with van der Waals surface area (Å²) in [6.07, 6.45) is 1.71. The predicted molar refractivity (Wildman–Crippen MR) is 81.9 cm³/mol. The van der Waals surface area contributed by atoms with E-state index in [2.05, 4.69) is 10.3 Å². The summed E-state index contributed by atoms with van der Waals surface area (Å²) in [5.41, 5.74) is 2.41. The van der Waals surface area contributed by atoms with Crippen LogP contribution in [0.3, 0.4) is 0 Å². The van der Waals surface area contributed by atoms with Crippen LogP contribution in [0.5, 0.6) is 0 Å². The minimum Gasteiger partial charge on any atom is -0.480 e. The van der Waals surface area contributed by atoms with E-state index in [9.17, 15) is 14.3 Å². The van der Waals surface area contributed by atoms with Crippen molar-refractivity contribution in [2.45, 2.75) is 12.6 Å². The van der Waals surface area contributed by atoms with Crippen LogP contribution in [-0.2, 0) is 11.3 Å². The number of aliphatic carboxylic acids is 1. The molecule has 0 spiro atoms. The van der Waals surface area contributed by atoms with E-state index in [1.165, 1.54) is 12.1 Å². The molecular weight excluding hydrogens is 283 g/mol. The molecule has 1 heterocycles. The van der Waals surface area contributed by atoms with E-state index in [0.29, 0.717) is 12.1 Å². The van der Waals surface area contributed by atoms with Crippen LogP contribution in [0, 0.1) is 5.82 Å². The highest BCUT2D eigenvalue weighted by atomic mass is 19.1. The van der Waals surface area contributed by atoms with E-state index in [1.54, 1.807) is 18.3 Å². The van der Waals surface area contributed by atoms with E-state index >= 15 is 0 Å². The summed E-state index contributed by atoms with van der Waals surface area (Å²) in [6, 6.07) is 12.7. The number of fused-ring (bicyclic) bond motifs is 1. The summed E-state index contributed by atoms with van der Waals surface area (Å²) in [6.45, 7) is 0.344. The third-order valence-corrected chi connectivity index (χ3v) is 3.60. The number of hydrogen-bond donors (Lipinski definition) is 3. The second-order valence-electron chi connectivity index (χ2n) is 5.07. The zero-order chi connectivity index (χ0) is 15.5. The highest BCUT2D eigenvalue weighted by molar-refractivity contribution is 5.89. The van der Waals surface area contributed by atoms with Crippen molar-refractivity contribution in [3.63, 3.8) is 0 Å². The van der Waals surface area contributed by atoms with Crippen molar-refractivity contribution in [1.29, 1.82) is 0 Å². The van der Waals surface area contributed by atoms with Gasteiger partial charge in [0.1, 0.15) is 11.9 Å². The van der Waals surface area contributed by atoms with Gasteiger partial charge in [-0.15, -0.1) is 0 Å². The molecule has 2 aromatic carbocycles. The zero-order valence-electron chi connectivity index (χ0n) is 11.7. The topological polar surface area (TPSA) is 65.1 Å². The molecule has 1 atom stereocenters. The molecule has 0 saturated carbocycles. The molecule has 22 heavy (non-hydrogen) atoms. The lowest BCUT2D eigenvalue weighted by molar-refractivity contribution is -0.139. The van der Waals surface area contributed by atoms with Crippen molar-refractivity contribution < 1.29 is 14.3 Å². The van der Waals surface area contributed by atoms with Crippen molar-refractivity contribution in [2.75, 3.05) is 0 Å². The molecule has 3 N–H and O–H groups in total. The monoisotopic (exact) mass is 298 g/mol. The first-order valence-electron chi connectivity index (χ1n) is 6.92.